The molecule has 96 valence electrons. The van der Waals surface area contributed by atoms with Gasteiger partial charge in [0, 0.05) is 16.8 Å². The van der Waals surface area contributed by atoms with E-state index in [1.165, 1.54) is 6.07 Å². The fourth-order valence-corrected chi connectivity index (χ4v) is 1.92. The molecule has 0 atom stereocenters. The van der Waals surface area contributed by atoms with E-state index in [0.717, 1.165) is 0 Å². The zero-order valence-corrected chi connectivity index (χ0v) is 9.88. The van der Waals surface area contributed by atoms with Crippen LogP contribution in [0.2, 0.25) is 0 Å². The van der Waals surface area contributed by atoms with Gasteiger partial charge in [0.1, 0.15) is 0 Å². The van der Waals surface area contributed by atoms with E-state index in [2.05, 4.69) is 4.98 Å². The second kappa shape index (κ2) is 4.48. The lowest BCUT2D eigenvalue weighted by Gasteiger charge is -2.11. The molecule has 0 radical (unpaired) electrons. The second-order valence-corrected chi connectivity index (χ2v) is 4.19. The topological polar surface area (TPSA) is 38.9 Å². The smallest absolute Gasteiger partial charge is 0.393 e. The van der Waals surface area contributed by atoms with Crippen LogP contribution in [0, 0.1) is 0 Å². The van der Waals surface area contributed by atoms with Gasteiger partial charge in [0.25, 0.3) is 0 Å². The van der Waals surface area contributed by atoms with Gasteiger partial charge in [0.2, 0.25) is 0 Å². The molecule has 1 aromatic heterocycles. The summed E-state index contributed by atoms with van der Waals surface area (Å²) in [5, 5.41) is 0.513. The van der Waals surface area contributed by atoms with Crippen LogP contribution in [0.1, 0.15) is 18.2 Å². The lowest BCUT2D eigenvalue weighted by molar-refractivity contribution is -0.127. The molecule has 0 aliphatic heterocycles. The highest BCUT2D eigenvalue weighted by molar-refractivity contribution is 5.85. The first-order valence-electron chi connectivity index (χ1n) is 5.64. The molecule has 1 heterocycles. The molecule has 0 saturated carbocycles. The lowest BCUT2D eigenvalue weighted by Crippen LogP contribution is -2.12. The molecule has 0 fully saturated rings. The minimum absolute atomic E-state index is 0.254. The zero-order valence-electron chi connectivity index (χ0n) is 9.88. The fraction of sp³-hybridized carbons (Fsp3) is 0.308. The lowest BCUT2D eigenvalue weighted by atomic mass is 10.0. The number of hydrogen-bond donors (Lipinski definition) is 1. The van der Waals surface area contributed by atoms with Crippen LogP contribution >= 0.6 is 0 Å². The van der Waals surface area contributed by atoms with Gasteiger partial charge in [-0.2, -0.15) is 13.2 Å². The first-order valence-corrected chi connectivity index (χ1v) is 5.64. The molecule has 1 aromatic carbocycles. The average molecular weight is 254 g/mol. The van der Waals surface area contributed by atoms with E-state index in [9.17, 15) is 13.2 Å². The number of nitrogen functional groups attached to an aromatic ring is 1. The van der Waals surface area contributed by atoms with Gasteiger partial charge in [-0.25, -0.2) is 0 Å². The Balaban J connectivity index is 2.62. The molecule has 2 N–H and O–H groups in total. The summed E-state index contributed by atoms with van der Waals surface area (Å²) in [4.78, 5) is 4.30. The minimum atomic E-state index is -4.22. The maximum absolute atomic E-state index is 12.5. The number of benzene rings is 1. The molecule has 0 amide bonds. The van der Waals surface area contributed by atoms with Gasteiger partial charge in [-0.15, -0.1) is 0 Å². The highest BCUT2D eigenvalue weighted by Crippen LogP contribution is 2.27. The largest absolute Gasteiger partial charge is 0.399 e. The number of fused-ring (bicyclic) bond motifs is 1. The molecule has 2 rings (SSSR count). The molecule has 5 heteroatoms. The van der Waals surface area contributed by atoms with E-state index in [1.54, 1.807) is 18.2 Å². The molecule has 2 nitrogen and oxygen atoms in total. The highest BCUT2D eigenvalue weighted by atomic mass is 19.4. The Hall–Kier alpha value is -1.78. The van der Waals surface area contributed by atoms with Crippen molar-refractivity contribution in [2.45, 2.75) is 25.9 Å². The Morgan fingerprint density at radius 1 is 1.22 bits per heavy atom. The summed E-state index contributed by atoms with van der Waals surface area (Å²) in [7, 11) is 0. The Bertz CT molecular complexity index is 576. The third-order valence-electron chi connectivity index (χ3n) is 2.73. The van der Waals surface area contributed by atoms with Crippen molar-refractivity contribution >= 4 is 16.6 Å². The number of nitrogens with zero attached hydrogens (tertiary/aromatic N) is 1. The molecule has 0 aliphatic carbocycles. The number of nitrogens with two attached hydrogens (primary N) is 1. The van der Waals surface area contributed by atoms with Gasteiger partial charge in [-0.3, -0.25) is 4.98 Å². The number of hydrogen-bond acceptors (Lipinski definition) is 2. The van der Waals surface area contributed by atoms with E-state index in [0.29, 0.717) is 28.7 Å². The number of anilines is 1. The van der Waals surface area contributed by atoms with Crippen molar-refractivity contribution in [3.8, 4) is 0 Å². The second-order valence-electron chi connectivity index (χ2n) is 4.19. The van der Waals surface area contributed by atoms with E-state index >= 15 is 0 Å². The Labute approximate surface area is 103 Å². The quantitative estimate of drug-likeness (QED) is 0.833. The van der Waals surface area contributed by atoms with Crippen LogP contribution in [0.3, 0.4) is 0 Å². The van der Waals surface area contributed by atoms with E-state index in [-0.39, 0.29) is 5.56 Å². The van der Waals surface area contributed by atoms with Crippen LogP contribution in [-0.2, 0) is 12.8 Å². The van der Waals surface area contributed by atoms with E-state index in [1.807, 2.05) is 6.92 Å². The predicted molar refractivity (Wildman–Crippen MR) is 65.3 cm³/mol. The highest BCUT2D eigenvalue weighted by Gasteiger charge is 2.28. The molecule has 18 heavy (non-hydrogen) atoms. The SMILES string of the molecule is CCc1cc(CC(F)(F)F)c2ccc(N)cc2n1. The number of halogens is 3. The normalized spacial score (nSPS) is 12.0. The number of pyridine rings is 1. The number of rotatable bonds is 2. The van der Waals surface area contributed by atoms with Crippen molar-refractivity contribution in [3.05, 3.63) is 35.5 Å². The molecular formula is C13H13F3N2. The molecule has 0 bridgehead atoms. The molecule has 0 saturated heterocycles. The van der Waals surface area contributed by atoms with Crippen LogP contribution in [-0.4, -0.2) is 11.2 Å². The Kier molecular flexibility index (Phi) is 3.15. The van der Waals surface area contributed by atoms with Gasteiger partial charge < -0.3 is 5.73 Å². The van der Waals surface area contributed by atoms with Gasteiger partial charge in [0.15, 0.2) is 0 Å². The third-order valence-corrected chi connectivity index (χ3v) is 2.73. The summed E-state index contributed by atoms with van der Waals surface area (Å²) in [6.07, 6.45) is -4.57. The van der Waals surface area contributed by atoms with Crippen LogP contribution in [0.4, 0.5) is 18.9 Å². The standard InChI is InChI=1S/C13H13F3N2/c1-2-10-5-8(7-13(14,15)16)11-4-3-9(17)6-12(11)18-10/h3-6H,2,7,17H2,1H3. The van der Waals surface area contributed by atoms with Crippen molar-refractivity contribution < 1.29 is 13.2 Å². The number of aryl methyl sites for hydroxylation is 1. The van der Waals surface area contributed by atoms with Gasteiger partial charge >= 0.3 is 6.18 Å². The minimum Gasteiger partial charge on any atom is -0.399 e. The summed E-state index contributed by atoms with van der Waals surface area (Å²) in [5.74, 6) is 0. The van der Waals surface area contributed by atoms with Crippen molar-refractivity contribution in [1.82, 2.24) is 4.98 Å². The number of aromatic nitrogens is 1. The first-order chi connectivity index (χ1) is 8.39. The fourth-order valence-electron chi connectivity index (χ4n) is 1.92. The van der Waals surface area contributed by atoms with Crippen molar-refractivity contribution in [1.29, 1.82) is 0 Å². The van der Waals surface area contributed by atoms with Gasteiger partial charge in [-0.1, -0.05) is 13.0 Å². The van der Waals surface area contributed by atoms with Gasteiger partial charge in [-0.05, 0) is 30.2 Å². The van der Waals surface area contributed by atoms with Crippen LogP contribution in [0.25, 0.3) is 10.9 Å². The maximum Gasteiger partial charge on any atom is 0.393 e. The van der Waals surface area contributed by atoms with Crippen LogP contribution < -0.4 is 5.73 Å². The zero-order chi connectivity index (χ0) is 13.3. The van der Waals surface area contributed by atoms with Crippen molar-refractivity contribution in [2.24, 2.45) is 0 Å². The number of alkyl halides is 3. The maximum atomic E-state index is 12.5. The summed E-state index contributed by atoms with van der Waals surface area (Å²) in [5.41, 5.74) is 7.55. The molecular weight excluding hydrogens is 241 g/mol. The van der Waals surface area contributed by atoms with E-state index in [4.69, 9.17) is 5.73 Å². The van der Waals surface area contributed by atoms with Crippen molar-refractivity contribution in [3.63, 3.8) is 0 Å². The average Bonchev–Trinajstić information content (AvgIpc) is 2.25. The Morgan fingerprint density at radius 3 is 2.56 bits per heavy atom. The molecule has 0 unspecified atom stereocenters. The van der Waals surface area contributed by atoms with Gasteiger partial charge in [0.05, 0.1) is 11.9 Å². The van der Waals surface area contributed by atoms with Crippen LogP contribution in [0.15, 0.2) is 24.3 Å². The summed E-state index contributed by atoms with van der Waals surface area (Å²) in [6.45, 7) is 1.86. The predicted octanol–water partition coefficient (Wildman–Crippen LogP) is 3.48. The third kappa shape index (κ3) is 2.72. The monoisotopic (exact) mass is 254 g/mol. The summed E-state index contributed by atoms with van der Waals surface area (Å²) in [6, 6.07) is 6.31. The molecule has 0 aliphatic rings. The molecule has 2 aromatic rings. The van der Waals surface area contributed by atoms with E-state index < -0.39 is 12.6 Å². The Morgan fingerprint density at radius 2 is 1.94 bits per heavy atom. The molecule has 0 spiro atoms. The van der Waals surface area contributed by atoms with Crippen molar-refractivity contribution in [2.75, 3.05) is 5.73 Å². The summed E-state index contributed by atoms with van der Waals surface area (Å²) < 4.78 is 37.6. The first kappa shape index (κ1) is 12.7. The summed E-state index contributed by atoms with van der Waals surface area (Å²) >= 11 is 0. The van der Waals surface area contributed by atoms with Crippen LogP contribution in [0.5, 0.6) is 0 Å².